The van der Waals surface area contributed by atoms with Crippen LogP contribution in [-0.4, -0.2) is 16.6 Å². The number of nitrogens with one attached hydrogen (secondary N) is 1. The molecule has 0 fully saturated rings. The molecule has 3 aromatic rings. The van der Waals surface area contributed by atoms with Crippen LogP contribution < -0.4 is 4.74 Å². The average molecular weight is 273 g/mol. The SMILES string of the molecule is CCOc1ccc(Cl)cc1-c1nc2ccccc2[nH]1. The van der Waals surface area contributed by atoms with E-state index in [2.05, 4.69) is 9.97 Å². The van der Waals surface area contributed by atoms with Gasteiger partial charge in [-0.1, -0.05) is 23.7 Å². The molecule has 1 aromatic heterocycles. The van der Waals surface area contributed by atoms with Crippen molar-refractivity contribution in [3.05, 3.63) is 47.5 Å². The lowest BCUT2D eigenvalue weighted by atomic mass is 10.2. The van der Waals surface area contributed by atoms with Gasteiger partial charge in [-0.2, -0.15) is 0 Å². The molecule has 4 heteroatoms. The number of H-pyrrole nitrogens is 1. The number of nitrogens with zero attached hydrogens (tertiary/aromatic N) is 1. The minimum Gasteiger partial charge on any atom is -0.493 e. The summed E-state index contributed by atoms with van der Waals surface area (Å²) in [6.45, 7) is 2.56. The molecule has 0 saturated heterocycles. The summed E-state index contributed by atoms with van der Waals surface area (Å²) in [5, 5.41) is 0.666. The molecule has 0 aliphatic rings. The maximum absolute atomic E-state index is 6.07. The summed E-state index contributed by atoms with van der Waals surface area (Å²) in [6, 6.07) is 13.5. The minimum absolute atomic E-state index is 0.606. The van der Waals surface area contributed by atoms with Crippen molar-refractivity contribution in [3.8, 4) is 17.1 Å². The number of rotatable bonds is 3. The number of aromatic nitrogens is 2. The molecule has 0 radical (unpaired) electrons. The Bertz CT molecular complexity index is 688. The van der Waals surface area contributed by atoms with Crippen molar-refractivity contribution < 1.29 is 4.74 Å². The van der Waals surface area contributed by atoms with Crippen LogP contribution in [0.4, 0.5) is 0 Å². The second-order valence-electron chi connectivity index (χ2n) is 4.18. The van der Waals surface area contributed by atoms with E-state index in [1.165, 1.54) is 0 Å². The molecule has 2 aromatic carbocycles. The number of aromatic amines is 1. The Balaban J connectivity index is 2.16. The molecule has 0 aliphatic carbocycles. The summed E-state index contributed by atoms with van der Waals surface area (Å²) in [7, 11) is 0. The van der Waals surface area contributed by atoms with Crippen LogP contribution in [0.5, 0.6) is 5.75 Å². The molecule has 0 amide bonds. The number of halogens is 1. The zero-order chi connectivity index (χ0) is 13.2. The summed E-state index contributed by atoms with van der Waals surface area (Å²) in [6.07, 6.45) is 0. The number of fused-ring (bicyclic) bond motifs is 1. The minimum atomic E-state index is 0.606. The molecule has 0 spiro atoms. The van der Waals surface area contributed by atoms with Crippen LogP contribution in [-0.2, 0) is 0 Å². The molecular formula is C15H13ClN2O. The van der Waals surface area contributed by atoms with Crippen molar-refractivity contribution in [3.63, 3.8) is 0 Å². The Morgan fingerprint density at radius 3 is 2.84 bits per heavy atom. The molecule has 0 aliphatic heterocycles. The molecule has 1 N–H and O–H groups in total. The molecule has 1 heterocycles. The van der Waals surface area contributed by atoms with Crippen molar-refractivity contribution in [2.75, 3.05) is 6.61 Å². The van der Waals surface area contributed by atoms with Crippen LogP contribution in [0.3, 0.4) is 0 Å². The van der Waals surface area contributed by atoms with Crippen molar-refractivity contribution in [1.82, 2.24) is 9.97 Å². The maximum atomic E-state index is 6.07. The van der Waals surface area contributed by atoms with Crippen molar-refractivity contribution in [2.45, 2.75) is 6.92 Å². The maximum Gasteiger partial charge on any atom is 0.142 e. The van der Waals surface area contributed by atoms with Crippen LogP contribution in [0.2, 0.25) is 5.02 Å². The highest BCUT2D eigenvalue weighted by Gasteiger charge is 2.11. The lowest BCUT2D eigenvalue weighted by molar-refractivity contribution is 0.341. The Labute approximate surface area is 116 Å². The molecule has 0 saturated carbocycles. The first kappa shape index (κ1) is 12.1. The summed E-state index contributed by atoms with van der Waals surface area (Å²) in [5.41, 5.74) is 2.81. The molecule has 96 valence electrons. The highest BCUT2D eigenvalue weighted by molar-refractivity contribution is 6.30. The van der Waals surface area contributed by atoms with E-state index in [0.29, 0.717) is 11.6 Å². The van der Waals surface area contributed by atoms with Gasteiger partial charge < -0.3 is 9.72 Å². The number of para-hydroxylation sites is 2. The fourth-order valence-corrected chi connectivity index (χ4v) is 2.22. The number of hydrogen-bond acceptors (Lipinski definition) is 2. The third-order valence-corrected chi connectivity index (χ3v) is 3.12. The number of hydrogen-bond donors (Lipinski definition) is 1. The van der Waals surface area contributed by atoms with Gasteiger partial charge in [-0.25, -0.2) is 4.98 Å². The first-order valence-corrected chi connectivity index (χ1v) is 6.53. The third-order valence-electron chi connectivity index (χ3n) is 2.89. The Kier molecular flexibility index (Phi) is 3.13. The van der Waals surface area contributed by atoms with E-state index in [4.69, 9.17) is 16.3 Å². The van der Waals surface area contributed by atoms with Gasteiger partial charge in [0.15, 0.2) is 0 Å². The number of benzene rings is 2. The Hall–Kier alpha value is -2.00. The fourth-order valence-electron chi connectivity index (χ4n) is 2.05. The van der Waals surface area contributed by atoms with Gasteiger partial charge in [-0.3, -0.25) is 0 Å². The van der Waals surface area contributed by atoms with Gasteiger partial charge in [0.1, 0.15) is 11.6 Å². The standard InChI is InChI=1S/C15H13ClN2O/c1-2-19-14-8-7-10(16)9-11(14)15-17-12-5-3-4-6-13(12)18-15/h3-9H,2H2,1H3,(H,17,18). The highest BCUT2D eigenvalue weighted by atomic mass is 35.5. The normalized spacial score (nSPS) is 10.8. The van der Waals surface area contributed by atoms with Crippen LogP contribution >= 0.6 is 11.6 Å². The van der Waals surface area contributed by atoms with E-state index in [0.717, 1.165) is 28.2 Å². The summed E-state index contributed by atoms with van der Waals surface area (Å²) in [4.78, 5) is 7.86. The smallest absolute Gasteiger partial charge is 0.142 e. The largest absolute Gasteiger partial charge is 0.493 e. The van der Waals surface area contributed by atoms with Gasteiger partial charge in [0.25, 0.3) is 0 Å². The molecular weight excluding hydrogens is 260 g/mol. The van der Waals surface area contributed by atoms with Crippen molar-refractivity contribution in [1.29, 1.82) is 0 Å². The van der Waals surface area contributed by atoms with Gasteiger partial charge >= 0.3 is 0 Å². The van der Waals surface area contributed by atoms with E-state index in [1.54, 1.807) is 0 Å². The van der Waals surface area contributed by atoms with Crippen LogP contribution in [0.25, 0.3) is 22.4 Å². The molecule has 0 bridgehead atoms. The zero-order valence-corrected chi connectivity index (χ0v) is 11.2. The van der Waals surface area contributed by atoms with E-state index >= 15 is 0 Å². The lowest BCUT2D eigenvalue weighted by Gasteiger charge is -2.08. The Morgan fingerprint density at radius 2 is 2.05 bits per heavy atom. The van der Waals surface area contributed by atoms with Gasteiger partial charge in [0, 0.05) is 5.02 Å². The van der Waals surface area contributed by atoms with Gasteiger partial charge in [-0.15, -0.1) is 0 Å². The summed E-state index contributed by atoms with van der Waals surface area (Å²) in [5.74, 6) is 1.55. The monoisotopic (exact) mass is 272 g/mol. The van der Waals surface area contributed by atoms with Crippen LogP contribution in [0.1, 0.15) is 6.92 Å². The average Bonchev–Trinajstić information content (AvgIpc) is 2.84. The first-order chi connectivity index (χ1) is 9.28. The van der Waals surface area contributed by atoms with Crippen LogP contribution in [0, 0.1) is 0 Å². The molecule has 19 heavy (non-hydrogen) atoms. The predicted molar refractivity (Wildman–Crippen MR) is 77.7 cm³/mol. The fraction of sp³-hybridized carbons (Fsp3) is 0.133. The molecule has 3 nitrogen and oxygen atoms in total. The number of imidazole rings is 1. The quantitative estimate of drug-likeness (QED) is 0.773. The second kappa shape index (κ2) is 4.94. The number of ether oxygens (including phenoxy) is 1. The molecule has 0 unspecified atom stereocenters. The third kappa shape index (κ3) is 2.29. The first-order valence-electron chi connectivity index (χ1n) is 6.15. The van der Waals surface area contributed by atoms with E-state index in [1.807, 2.05) is 49.4 Å². The van der Waals surface area contributed by atoms with Gasteiger partial charge in [-0.05, 0) is 37.3 Å². The zero-order valence-electron chi connectivity index (χ0n) is 10.5. The predicted octanol–water partition coefficient (Wildman–Crippen LogP) is 4.28. The second-order valence-corrected chi connectivity index (χ2v) is 4.61. The van der Waals surface area contributed by atoms with Gasteiger partial charge in [0.05, 0.1) is 23.2 Å². The molecule has 0 atom stereocenters. The molecule has 3 rings (SSSR count). The summed E-state index contributed by atoms with van der Waals surface area (Å²) >= 11 is 6.07. The van der Waals surface area contributed by atoms with Gasteiger partial charge in [0.2, 0.25) is 0 Å². The van der Waals surface area contributed by atoms with Crippen LogP contribution in [0.15, 0.2) is 42.5 Å². The highest BCUT2D eigenvalue weighted by Crippen LogP contribution is 2.32. The lowest BCUT2D eigenvalue weighted by Crippen LogP contribution is -1.94. The summed E-state index contributed by atoms with van der Waals surface area (Å²) < 4.78 is 5.62. The van der Waals surface area contributed by atoms with E-state index < -0.39 is 0 Å². The van der Waals surface area contributed by atoms with E-state index in [9.17, 15) is 0 Å². The Morgan fingerprint density at radius 1 is 1.21 bits per heavy atom. The van der Waals surface area contributed by atoms with E-state index in [-0.39, 0.29) is 0 Å². The van der Waals surface area contributed by atoms with Crippen molar-refractivity contribution in [2.24, 2.45) is 0 Å². The topological polar surface area (TPSA) is 37.9 Å². The van der Waals surface area contributed by atoms with Crippen molar-refractivity contribution >= 4 is 22.6 Å².